The molecule has 7 heteroatoms. The van der Waals surface area contributed by atoms with Gasteiger partial charge in [-0.05, 0) is 56.5 Å². The lowest BCUT2D eigenvalue weighted by Gasteiger charge is -2.22. The Hall–Kier alpha value is -1.05. The van der Waals surface area contributed by atoms with Gasteiger partial charge in [0.1, 0.15) is 16.5 Å². The predicted octanol–water partition coefficient (Wildman–Crippen LogP) is 1.55. The molecule has 0 bridgehead atoms. The Balaban J connectivity index is 2.11. The second-order valence-electron chi connectivity index (χ2n) is 5.10. The summed E-state index contributed by atoms with van der Waals surface area (Å²) < 4.78 is 53.5. The third-order valence-corrected chi connectivity index (χ3v) is 4.90. The van der Waals surface area contributed by atoms with E-state index in [4.69, 9.17) is 0 Å². The Labute approximate surface area is 117 Å². The molecule has 1 aliphatic rings. The summed E-state index contributed by atoms with van der Waals surface area (Å²) in [4.78, 5) is -0.635. The maximum absolute atomic E-state index is 13.7. The van der Waals surface area contributed by atoms with E-state index in [0.29, 0.717) is 0 Å². The van der Waals surface area contributed by atoms with Gasteiger partial charge in [-0.3, -0.25) is 0 Å². The van der Waals surface area contributed by atoms with Crippen molar-refractivity contribution in [2.24, 2.45) is 5.92 Å². The quantitative estimate of drug-likeness (QED) is 0.887. The molecular weight excluding hydrogens is 286 g/mol. The molecular formula is C13H18F2N2O2S. The van der Waals surface area contributed by atoms with Gasteiger partial charge in [0.2, 0.25) is 10.0 Å². The van der Waals surface area contributed by atoms with Crippen molar-refractivity contribution in [2.45, 2.75) is 24.7 Å². The molecule has 112 valence electrons. The number of rotatable bonds is 4. The fraction of sp³-hybridized carbons (Fsp3) is 0.538. The summed E-state index contributed by atoms with van der Waals surface area (Å²) >= 11 is 0. The molecule has 1 unspecified atom stereocenters. The van der Waals surface area contributed by atoms with Crippen LogP contribution in [0.3, 0.4) is 0 Å². The number of sulfonamides is 1. The van der Waals surface area contributed by atoms with Gasteiger partial charge in [-0.1, -0.05) is 0 Å². The molecule has 2 N–H and O–H groups in total. The van der Waals surface area contributed by atoms with Crippen LogP contribution in [-0.4, -0.2) is 28.1 Å². The molecule has 1 aromatic carbocycles. The number of benzene rings is 1. The van der Waals surface area contributed by atoms with Crippen LogP contribution in [0.4, 0.5) is 8.78 Å². The SMILES string of the molecule is Cc1cc(F)c(S(=O)(=O)NCC2CCCNC2)cc1F. The number of aryl methyl sites for hydroxylation is 1. The smallest absolute Gasteiger partial charge is 0.243 e. The van der Waals surface area contributed by atoms with Gasteiger partial charge < -0.3 is 5.32 Å². The highest BCUT2D eigenvalue weighted by Crippen LogP contribution is 2.19. The second-order valence-corrected chi connectivity index (χ2v) is 6.83. The van der Waals surface area contributed by atoms with Gasteiger partial charge in [0.15, 0.2) is 0 Å². The van der Waals surface area contributed by atoms with Gasteiger partial charge in [-0.25, -0.2) is 21.9 Å². The number of piperidine rings is 1. The molecule has 0 spiro atoms. The van der Waals surface area contributed by atoms with E-state index in [0.717, 1.165) is 38.1 Å². The Morgan fingerprint density at radius 1 is 1.35 bits per heavy atom. The van der Waals surface area contributed by atoms with Gasteiger partial charge in [-0.15, -0.1) is 0 Å². The molecule has 0 amide bonds. The molecule has 4 nitrogen and oxygen atoms in total. The Morgan fingerprint density at radius 2 is 2.10 bits per heavy atom. The van der Waals surface area contributed by atoms with Crippen molar-refractivity contribution in [3.63, 3.8) is 0 Å². The van der Waals surface area contributed by atoms with Crippen LogP contribution < -0.4 is 10.0 Å². The van der Waals surface area contributed by atoms with E-state index in [1.54, 1.807) is 0 Å². The molecule has 0 saturated carbocycles. The van der Waals surface area contributed by atoms with Crippen LogP contribution in [0.2, 0.25) is 0 Å². The Bertz CT molecular complexity index is 584. The fourth-order valence-corrected chi connectivity index (χ4v) is 3.42. The Kier molecular flexibility index (Phi) is 4.72. The minimum Gasteiger partial charge on any atom is -0.316 e. The van der Waals surface area contributed by atoms with E-state index >= 15 is 0 Å². The summed E-state index contributed by atoms with van der Waals surface area (Å²) in [7, 11) is -4.02. The van der Waals surface area contributed by atoms with Gasteiger partial charge >= 0.3 is 0 Å². The van der Waals surface area contributed by atoms with Crippen molar-refractivity contribution < 1.29 is 17.2 Å². The topological polar surface area (TPSA) is 58.2 Å². The highest BCUT2D eigenvalue weighted by Gasteiger charge is 2.23. The normalized spacial score (nSPS) is 20.1. The summed E-state index contributed by atoms with van der Waals surface area (Å²) in [5, 5.41) is 3.17. The number of hydrogen-bond acceptors (Lipinski definition) is 3. The van der Waals surface area contributed by atoms with E-state index in [-0.39, 0.29) is 18.0 Å². The number of hydrogen-bond donors (Lipinski definition) is 2. The van der Waals surface area contributed by atoms with Crippen LogP contribution in [0, 0.1) is 24.5 Å². The fourth-order valence-electron chi connectivity index (χ4n) is 2.24. The monoisotopic (exact) mass is 304 g/mol. The van der Waals surface area contributed by atoms with Gasteiger partial charge in [-0.2, -0.15) is 0 Å². The van der Waals surface area contributed by atoms with E-state index in [1.165, 1.54) is 6.92 Å². The van der Waals surface area contributed by atoms with Crippen LogP contribution >= 0.6 is 0 Å². The van der Waals surface area contributed by atoms with E-state index in [1.807, 2.05) is 0 Å². The van der Waals surface area contributed by atoms with Crippen LogP contribution in [0.15, 0.2) is 17.0 Å². The zero-order chi connectivity index (χ0) is 14.8. The molecule has 20 heavy (non-hydrogen) atoms. The molecule has 0 aromatic heterocycles. The standard InChI is InChI=1S/C13H18F2N2O2S/c1-9-5-12(15)13(6-11(9)14)20(18,19)17-8-10-3-2-4-16-7-10/h5-6,10,16-17H,2-4,7-8H2,1H3. The molecule has 1 fully saturated rings. The molecule has 1 aliphatic heterocycles. The maximum Gasteiger partial charge on any atom is 0.243 e. The average Bonchev–Trinajstić information content (AvgIpc) is 2.42. The van der Waals surface area contributed by atoms with Crippen molar-refractivity contribution in [1.82, 2.24) is 10.0 Å². The third-order valence-electron chi connectivity index (χ3n) is 3.46. The first-order chi connectivity index (χ1) is 9.40. The molecule has 0 radical (unpaired) electrons. The van der Waals surface area contributed by atoms with E-state index in [9.17, 15) is 17.2 Å². The third kappa shape index (κ3) is 3.53. The van der Waals surface area contributed by atoms with Crippen molar-refractivity contribution in [1.29, 1.82) is 0 Å². The Morgan fingerprint density at radius 3 is 2.75 bits per heavy atom. The largest absolute Gasteiger partial charge is 0.316 e. The highest BCUT2D eigenvalue weighted by molar-refractivity contribution is 7.89. The summed E-state index contributed by atoms with van der Waals surface area (Å²) in [5.74, 6) is -1.49. The number of nitrogens with one attached hydrogen (secondary N) is 2. The molecule has 1 heterocycles. The van der Waals surface area contributed by atoms with Crippen molar-refractivity contribution >= 4 is 10.0 Å². The second kappa shape index (κ2) is 6.15. The summed E-state index contributed by atoms with van der Waals surface area (Å²) in [6.45, 7) is 3.27. The lowest BCUT2D eigenvalue weighted by molar-refractivity contribution is 0.375. The van der Waals surface area contributed by atoms with Gasteiger partial charge in [0.25, 0.3) is 0 Å². The molecule has 1 atom stereocenters. The van der Waals surface area contributed by atoms with Crippen LogP contribution in [0.25, 0.3) is 0 Å². The predicted molar refractivity (Wildman–Crippen MR) is 71.9 cm³/mol. The highest BCUT2D eigenvalue weighted by atomic mass is 32.2. The summed E-state index contributed by atoms with van der Waals surface area (Å²) in [6, 6.07) is 1.62. The van der Waals surface area contributed by atoms with Crippen LogP contribution in [0.1, 0.15) is 18.4 Å². The minimum atomic E-state index is -4.02. The molecule has 2 rings (SSSR count). The summed E-state index contributed by atoms with van der Waals surface area (Å²) in [6.07, 6.45) is 1.90. The zero-order valence-electron chi connectivity index (χ0n) is 11.2. The zero-order valence-corrected chi connectivity index (χ0v) is 12.1. The number of halogens is 2. The van der Waals surface area contributed by atoms with E-state index < -0.39 is 26.6 Å². The van der Waals surface area contributed by atoms with Gasteiger partial charge in [0, 0.05) is 6.54 Å². The molecule has 0 aliphatic carbocycles. The summed E-state index contributed by atoms with van der Waals surface area (Å²) in [5.41, 5.74) is 0.0814. The van der Waals surface area contributed by atoms with Crippen molar-refractivity contribution in [3.05, 3.63) is 29.3 Å². The van der Waals surface area contributed by atoms with Gasteiger partial charge in [0.05, 0.1) is 0 Å². The molecule has 1 saturated heterocycles. The lowest BCUT2D eigenvalue weighted by atomic mass is 10.0. The average molecular weight is 304 g/mol. The maximum atomic E-state index is 13.7. The molecule has 1 aromatic rings. The minimum absolute atomic E-state index is 0.0814. The first kappa shape index (κ1) is 15.3. The van der Waals surface area contributed by atoms with Crippen molar-refractivity contribution in [3.8, 4) is 0 Å². The first-order valence-corrected chi connectivity index (χ1v) is 8.04. The van der Waals surface area contributed by atoms with Crippen LogP contribution in [-0.2, 0) is 10.0 Å². The van der Waals surface area contributed by atoms with Crippen LogP contribution in [0.5, 0.6) is 0 Å². The lowest BCUT2D eigenvalue weighted by Crippen LogP contribution is -2.38. The first-order valence-electron chi connectivity index (χ1n) is 6.56. The van der Waals surface area contributed by atoms with Crippen molar-refractivity contribution in [2.75, 3.05) is 19.6 Å². The van der Waals surface area contributed by atoms with E-state index in [2.05, 4.69) is 10.0 Å².